The van der Waals surface area contributed by atoms with Gasteiger partial charge in [-0.05, 0) is 24.1 Å². The number of aryl methyl sites for hydroxylation is 1. The monoisotopic (exact) mass is 286 g/mol. The number of rotatable bonds is 7. The van der Waals surface area contributed by atoms with Crippen molar-refractivity contribution in [1.82, 2.24) is 20.4 Å². The van der Waals surface area contributed by atoms with Gasteiger partial charge in [-0.1, -0.05) is 19.1 Å². The standard InChI is InChI=1S/C16H22N4O/c1-3-7-18-16(21)15-6-4-5-13(8-15)9-17-10-14-11-19-20(2)12-14/h4-6,8,11-12,17H,3,7,9-10H2,1-2H3,(H,18,21). The van der Waals surface area contributed by atoms with Gasteiger partial charge in [0.05, 0.1) is 6.20 Å². The van der Waals surface area contributed by atoms with Crippen molar-refractivity contribution in [3.63, 3.8) is 0 Å². The Morgan fingerprint density at radius 3 is 2.81 bits per heavy atom. The van der Waals surface area contributed by atoms with Crippen molar-refractivity contribution in [2.24, 2.45) is 7.05 Å². The summed E-state index contributed by atoms with van der Waals surface area (Å²) in [4.78, 5) is 11.9. The number of nitrogens with one attached hydrogen (secondary N) is 2. The van der Waals surface area contributed by atoms with Gasteiger partial charge in [0.15, 0.2) is 0 Å². The van der Waals surface area contributed by atoms with E-state index in [1.165, 1.54) is 0 Å². The number of hydrogen-bond donors (Lipinski definition) is 2. The average molecular weight is 286 g/mol. The number of nitrogens with zero attached hydrogens (tertiary/aromatic N) is 2. The van der Waals surface area contributed by atoms with E-state index in [0.29, 0.717) is 12.1 Å². The zero-order valence-corrected chi connectivity index (χ0v) is 12.6. The molecule has 0 fully saturated rings. The highest BCUT2D eigenvalue weighted by molar-refractivity contribution is 5.94. The summed E-state index contributed by atoms with van der Waals surface area (Å²) < 4.78 is 1.79. The minimum atomic E-state index is -0.00837. The van der Waals surface area contributed by atoms with Crippen molar-refractivity contribution in [2.45, 2.75) is 26.4 Å². The molecule has 2 rings (SSSR count). The second kappa shape index (κ2) is 7.59. The molecule has 0 aliphatic heterocycles. The predicted molar refractivity (Wildman–Crippen MR) is 82.8 cm³/mol. The number of carbonyl (C=O) groups excluding carboxylic acids is 1. The summed E-state index contributed by atoms with van der Waals surface area (Å²) in [5.41, 5.74) is 2.96. The molecule has 0 aliphatic carbocycles. The van der Waals surface area contributed by atoms with E-state index in [4.69, 9.17) is 0 Å². The first-order valence-electron chi connectivity index (χ1n) is 7.24. The number of hydrogen-bond acceptors (Lipinski definition) is 3. The Labute approximate surface area is 125 Å². The minimum absolute atomic E-state index is 0.00837. The third kappa shape index (κ3) is 4.72. The highest BCUT2D eigenvalue weighted by atomic mass is 16.1. The molecule has 1 aromatic carbocycles. The molecule has 1 aromatic heterocycles. The fourth-order valence-corrected chi connectivity index (χ4v) is 2.08. The lowest BCUT2D eigenvalue weighted by Crippen LogP contribution is -2.24. The first-order valence-corrected chi connectivity index (χ1v) is 7.24. The lowest BCUT2D eigenvalue weighted by molar-refractivity contribution is 0.0953. The van der Waals surface area contributed by atoms with Gasteiger partial charge in [0.2, 0.25) is 0 Å². The van der Waals surface area contributed by atoms with Crippen molar-refractivity contribution in [1.29, 1.82) is 0 Å². The summed E-state index contributed by atoms with van der Waals surface area (Å²) >= 11 is 0. The van der Waals surface area contributed by atoms with Crippen LogP contribution in [0.4, 0.5) is 0 Å². The van der Waals surface area contributed by atoms with Gasteiger partial charge in [-0.15, -0.1) is 0 Å². The van der Waals surface area contributed by atoms with Crippen LogP contribution in [0.25, 0.3) is 0 Å². The first kappa shape index (κ1) is 15.3. The smallest absolute Gasteiger partial charge is 0.251 e. The third-order valence-corrected chi connectivity index (χ3v) is 3.14. The summed E-state index contributed by atoms with van der Waals surface area (Å²) in [5, 5.41) is 10.4. The quantitative estimate of drug-likeness (QED) is 0.816. The predicted octanol–water partition coefficient (Wildman–Crippen LogP) is 1.85. The molecule has 2 N–H and O–H groups in total. The molecule has 21 heavy (non-hydrogen) atoms. The molecule has 0 unspecified atom stereocenters. The fraction of sp³-hybridized carbons (Fsp3) is 0.375. The van der Waals surface area contributed by atoms with Crippen LogP contribution in [-0.4, -0.2) is 22.2 Å². The van der Waals surface area contributed by atoms with Crippen molar-refractivity contribution in [3.8, 4) is 0 Å². The van der Waals surface area contributed by atoms with Crippen LogP contribution in [0.2, 0.25) is 0 Å². The molecule has 1 amide bonds. The summed E-state index contributed by atoms with van der Waals surface area (Å²) in [6.07, 6.45) is 4.78. The Morgan fingerprint density at radius 2 is 2.10 bits per heavy atom. The second-order valence-corrected chi connectivity index (χ2v) is 5.08. The lowest BCUT2D eigenvalue weighted by atomic mass is 10.1. The summed E-state index contributed by atoms with van der Waals surface area (Å²) in [6, 6.07) is 7.71. The van der Waals surface area contributed by atoms with Gasteiger partial charge in [0.1, 0.15) is 0 Å². The molecular weight excluding hydrogens is 264 g/mol. The molecule has 0 aliphatic rings. The Bertz CT molecular complexity index is 591. The highest BCUT2D eigenvalue weighted by Crippen LogP contribution is 2.06. The Morgan fingerprint density at radius 1 is 1.29 bits per heavy atom. The Hall–Kier alpha value is -2.14. The zero-order chi connectivity index (χ0) is 15.1. The Kier molecular flexibility index (Phi) is 5.51. The molecule has 0 bridgehead atoms. The lowest BCUT2D eigenvalue weighted by Gasteiger charge is -2.07. The van der Waals surface area contributed by atoms with Gasteiger partial charge in [-0.3, -0.25) is 9.48 Å². The average Bonchev–Trinajstić information content (AvgIpc) is 2.90. The molecule has 0 saturated heterocycles. The van der Waals surface area contributed by atoms with Gasteiger partial charge in [0.25, 0.3) is 5.91 Å². The van der Waals surface area contributed by atoms with Crippen LogP contribution < -0.4 is 10.6 Å². The second-order valence-electron chi connectivity index (χ2n) is 5.08. The van der Waals surface area contributed by atoms with E-state index in [1.54, 1.807) is 4.68 Å². The van der Waals surface area contributed by atoms with Crippen LogP contribution in [0.3, 0.4) is 0 Å². The fourth-order valence-electron chi connectivity index (χ4n) is 2.08. The van der Waals surface area contributed by atoms with Gasteiger partial charge < -0.3 is 10.6 Å². The van der Waals surface area contributed by atoms with Crippen LogP contribution in [0.15, 0.2) is 36.7 Å². The molecule has 5 nitrogen and oxygen atoms in total. The number of carbonyl (C=O) groups is 1. The van der Waals surface area contributed by atoms with Gasteiger partial charge >= 0.3 is 0 Å². The number of amides is 1. The van der Waals surface area contributed by atoms with E-state index < -0.39 is 0 Å². The van der Waals surface area contributed by atoms with Crippen LogP contribution in [0, 0.1) is 0 Å². The number of aromatic nitrogens is 2. The molecule has 2 aromatic rings. The van der Waals surface area contributed by atoms with Crippen LogP contribution in [0.1, 0.15) is 34.8 Å². The van der Waals surface area contributed by atoms with Crippen molar-refractivity contribution in [2.75, 3.05) is 6.54 Å². The summed E-state index contributed by atoms with van der Waals surface area (Å²) in [7, 11) is 1.90. The maximum Gasteiger partial charge on any atom is 0.251 e. The van der Waals surface area contributed by atoms with E-state index >= 15 is 0 Å². The first-order chi connectivity index (χ1) is 10.2. The van der Waals surface area contributed by atoms with Gasteiger partial charge in [-0.25, -0.2) is 0 Å². The normalized spacial score (nSPS) is 10.6. The van der Waals surface area contributed by atoms with E-state index in [1.807, 2.05) is 50.6 Å². The molecule has 0 radical (unpaired) electrons. The molecule has 0 spiro atoms. The van der Waals surface area contributed by atoms with Crippen LogP contribution in [0.5, 0.6) is 0 Å². The largest absolute Gasteiger partial charge is 0.352 e. The molecule has 1 heterocycles. The molecule has 5 heteroatoms. The summed E-state index contributed by atoms with van der Waals surface area (Å²) in [5.74, 6) is -0.00837. The SMILES string of the molecule is CCCNC(=O)c1cccc(CNCc2cnn(C)c2)c1. The Balaban J connectivity index is 1.87. The van der Waals surface area contributed by atoms with Crippen LogP contribution >= 0.6 is 0 Å². The van der Waals surface area contributed by atoms with E-state index in [-0.39, 0.29) is 5.91 Å². The van der Waals surface area contributed by atoms with Crippen molar-refractivity contribution < 1.29 is 4.79 Å². The highest BCUT2D eigenvalue weighted by Gasteiger charge is 2.05. The van der Waals surface area contributed by atoms with Gasteiger partial charge in [0, 0.05) is 44.0 Å². The number of benzene rings is 1. The van der Waals surface area contributed by atoms with E-state index in [0.717, 1.165) is 30.6 Å². The topological polar surface area (TPSA) is 59.0 Å². The van der Waals surface area contributed by atoms with Crippen molar-refractivity contribution >= 4 is 5.91 Å². The third-order valence-electron chi connectivity index (χ3n) is 3.14. The van der Waals surface area contributed by atoms with Gasteiger partial charge in [-0.2, -0.15) is 5.10 Å². The maximum absolute atomic E-state index is 11.9. The minimum Gasteiger partial charge on any atom is -0.352 e. The molecule has 112 valence electrons. The van der Waals surface area contributed by atoms with E-state index in [9.17, 15) is 4.79 Å². The summed E-state index contributed by atoms with van der Waals surface area (Å²) in [6.45, 7) is 4.24. The van der Waals surface area contributed by atoms with Crippen molar-refractivity contribution in [3.05, 3.63) is 53.3 Å². The van der Waals surface area contributed by atoms with Crippen LogP contribution in [-0.2, 0) is 20.1 Å². The maximum atomic E-state index is 11.9. The zero-order valence-electron chi connectivity index (χ0n) is 12.6. The molecular formula is C16H22N4O. The van der Waals surface area contributed by atoms with E-state index in [2.05, 4.69) is 15.7 Å². The molecule has 0 atom stereocenters. The molecule has 0 saturated carbocycles.